The van der Waals surface area contributed by atoms with E-state index in [9.17, 15) is 0 Å². The normalized spacial score (nSPS) is 17.9. The molecular formula is C16H20N2. The van der Waals surface area contributed by atoms with Crippen LogP contribution in [0.3, 0.4) is 0 Å². The lowest BCUT2D eigenvalue weighted by Crippen LogP contribution is -2.36. The molecular weight excluding hydrogens is 220 g/mol. The van der Waals surface area contributed by atoms with Crippen LogP contribution in [-0.4, -0.2) is 13.1 Å². The van der Waals surface area contributed by atoms with Crippen molar-refractivity contribution in [3.05, 3.63) is 47.8 Å². The van der Waals surface area contributed by atoms with Crippen molar-refractivity contribution in [3.63, 3.8) is 0 Å². The van der Waals surface area contributed by atoms with E-state index in [1.54, 1.807) is 0 Å². The Morgan fingerprint density at radius 3 is 2.33 bits per heavy atom. The first-order chi connectivity index (χ1) is 8.86. The number of nitrogens with zero attached hydrogens (tertiary/aromatic N) is 2. The summed E-state index contributed by atoms with van der Waals surface area (Å²) < 4.78 is 0. The largest absolute Gasteiger partial charge is 0.342 e. The number of benzene rings is 1. The van der Waals surface area contributed by atoms with Crippen molar-refractivity contribution in [1.29, 1.82) is 0 Å². The minimum absolute atomic E-state index is 1.03. The fourth-order valence-electron chi connectivity index (χ4n) is 3.06. The molecule has 1 aliphatic heterocycles. The Bertz CT molecular complexity index is 514. The number of para-hydroxylation sites is 2. The molecule has 0 bridgehead atoms. The Labute approximate surface area is 109 Å². The molecule has 2 heteroatoms. The van der Waals surface area contributed by atoms with E-state index in [-0.39, 0.29) is 0 Å². The lowest BCUT2D eigenvalue weighted by molar-refractivity contribution is 0.784. The molecule has 0 saturated heterocycles. The van der Waals surface area contributed by atoms with Gasteiger partial charge in [-0.05, 0) is 44.9 Å². The molecule has 1 aromatic rings. The number of likely N-dealkylation sites (N-methyl/N-ethyl adjacent to an activating group) is 1. The van der Waals surface area contributed by atoms with Gasteiger partial charge in [-0.1, -0.05) is 18.2 Å². The molecule has 0 aromatic heterocycles. The highest BCUT2D eigenvalue weighted by Gasteiger charge is 2.28. The topological polar surface area (TPSA) is 6.48 Å². The Balaban J connectivity index is 2.18. The van der Waals surface area contributed by atoms with Crippen molar-refractivity contribution in [1.82, 2.24) is 0 Å². The first-order valence-electron chi connectivity index (χ1n) is 6.90. The third kappa shape index (κ3) is 1.56. The summed E-state index contributed by atoms with van der Waals surface area (Å²) in [5, 5.41) is 0. The van der Waals surface area contributed by atoms with Crippen LogP contribution >= 0.6 is 0 Å². The van der Waals surface area contributed by atoms with Crippen molar-refractivity contribution in [2.45, 2.75) is 26.7 Å². The quantitative estimate of drug-likeness (QED) is 0.773. The van der Waals surface area contributed by atoms with Crippen LogP contribution in [0.1, 0.15) is 26.7 Å². The van der Waals surface area contributed by atoms with Gasteiger partial charge >= 0.3 is 0 Å². The molecule has 0 spiro atoms. The third-order valence-electron chi connectivity index (χ3n) is 3.83. The first-order valence-corrected chi connectivity index (χ1v) is 6.90. The molecule has 0 amide bonds. The summed E-state index contributed by atoms with van der Waals surface area (Å²) >= 11 is 0. The third-order valence-corrected chi connectivity index (χ3v) is 3.83. The average Bonchev–Trinajstić information content (AvgIpc) is 2.44. The molecule has 2 aliphatic rings. The molecule has 0 atom stereocenters. The fourth-order valence-corrected chi connectivity index (χ4v) is 3.06. The van der Waals surface area contributed by atoms with Crippen LogP contribution in [0.15, 0.2) is 47.8 Å². The zero-order valence-electron chi connectivity index (χ0n) is 11.2. The smallest absolute Gasteiger partial charge is 0.0652 e. The highest BCUT2D eigenvalue weighted by molar-refractivity contribution is 5.80. The summed E-state index contributed by atoms with van der Waals surface area (Å²) in [6.07, 6.45) is 6.91. The maximum Gasteiger partial charge on any atom is 0.0652 e. The van der Waals surface area contributed by atoms with Gasteiger partial charge < -0.3 is 9.80 Å². The number of anilines is 2. The Kier molecular flexibility index (Phi) is 2.86. The van der Waals surface area contributed by atoms with Crippen LogP contribution in [0, 0.1) is 0 Å². The lowest BCUT2D eigenvalue weighted by atomic mass is 10.0. The molecule has 0 fully saturated rings. The van der Waals surface area contributed by atoms with E-state index in [1.165, 1.54) is 22.8 Å². The molecule has 1 aromatic carbocycles. The first kappa shape index (κ1) is 11.4. The van der Waals surface area contributed by atoms with E-state index >= 15 is 0 Å². The molecule has 1 aliphatic carbocycles. The summed E-state index contributed by atoms with van der Waals surface area (Å²) in [7, 11) is 0. The number of allylic oxidation sites excluding steroid dienone is 3. The van der Waals surface area contributed by atoms with Gasteiger partial charge in [0.1, 0.15) is 0 Å². The summed E-state index contributed by atoms with van der Waals surface area (Å²) in [6.45, 7) is 6.53. The van der Waals surface area contributed by atoms with E-state index in [0.29, 0.717) is 0 Å². The van der Waals surface area contributed by atoms with Crippen molar-refractivity contribution < 1.29 is 0 Å². The molecule has 18 heavy (non-hydrogen) atoms. The van der Waals surface area contributed by atoms with E-state index in [0.717, 1.165) is 25.9 Å². The lowest BCUT2D eigenvalue weighted by Gasteiger charge is -2.41. The number of rotatable bonds is 2. The summed E-state index contributed by atoms with van der Waals surface area (Å²) in [5.41, 5.74) is 5.58. The van der Waals surface area contributed by atoms with Crippen molar-refractivity contribution in [2.24, 2.45) is 0 Å². The maximum absolute atomic E-state index is 2.47. The van der Waals surface area contributed by atoms with Gasteiger partial charge in [-0.25, -0.2) is 0 Å². The van der Waals surface area contributed by atoms with Crippen LogP contribution in [0.2, 0.25) is 0 Å². The van der Waals surface area contributed by atoms with Gasteiger partial charge in [-0.3, -0.25) is 0 Å². The van der Waals surface area contributed by atoms with Crippen LogP contribution in [0.5, 0.6) is 0 Å². The molecule has 0 unspecified atom stereocenters. The second-order valence-electron chi connectivity index (χ2n) is 4.75. The van der Waals surface area contributed by atoms with Crippen LogP contribution in [-0.2, 0) is 0 Å². The predicted molar refractivity (Wildman–Crippen MR) is 77.9 cm³/mol. The minimum Gasteiger partial charge on any atom is -0.342 e. The van der Waals surface area contributed by atoms with Crippen LogP contribution in [0.4, 0.5) is 11.4 Å². The summed E-state index contributed by atoms with van der Waals surface area (Å²) in [5.74, 6) is 0. The standard InChI is InChI=1S/C16H20N2/c1-3-17-13-9-5-7-11-15(13)18(4-2)16-12-8-6-10-14(16)17/h5-7,9-11H,3-4,8,12H2,1-2H3. The molecule has 2 nitrogen and oxygen atoms in total. The monoisotopic (exact) mass is 240 g/mol. The van der Waals surface area contributed by atoms with Gasteiger partial charge in [0.25, 0.3) is 0 Å². The van der Waals surface area contributed by atoms with Gasteiger partial charge in [0.05, 0.1) is 17.1 Å². The zero-order chi connectivity index (χ0) is 12.5. The van der Waals surface area contributed by atoms with E-state index in [1.807, 2.05) is 0 Å². The highest BCUT2D eigenvalue weighted by Crippen LogP contribution is 2.42. The van der Waals surface area contributed by atoms with Crippen LogP contribution < -0.4 is 9.80 Å². The molecule has 0 N–H and O–H groups in total. The molecule has 94 valence electrons. The van der Waals surface area contributed by atoms with Gasteiger partial charge in [0.2, 0.25) is 0 Å². The number of hydrogen-bond acceptors (Lipinski definition) is 2. The predicted octanol–water partition coefficient (Wildman–Crippen LogP) is 3.91. The maximum atomic E-state index is 2.47. The SMILES string of the molecule is CCN1C2=C(CCC=C2)N(CC)c2ccccc21. The molecule has 1 heterocycles. The van der Waals surface area contributed by atoms with Crippen molar-refractivity contribution in [2.75, 3.05) is 22.9 Å². The van der Waals surface area contributed by atoms with Gasteiger partial charge in [-0.15, -0.1) is 0 Å². The summed E-state index contributed by atoms with van der Waals surface area (Å²) in [4.78, 5) is 4.91. The molecule has 0 radical (unpaired) electrons. The Morgan fingerprint density at radius 2 is 1.67 bits per heavy atom. The molecule has 0 saturated carbocycles. The Hall–Kier alpha value is -1.70. The number of fused-ring (bicyclic) bond motifs is 1. The second kappa shape index (κ2) is 4.52. The van der Waals surface area contributed by atoms with E-state index in [2.05, 4.69) is 60.1 Å². The summed E-state index contributed by atoms with van der Waals surface area (Å²) in [6, 6.07) is 8.74. The highest BCUT2D eigenvalue weighted by atomic mass is 15.3. The van der Waals surface area contributed by atoms with E-state index in [4.69, 9.17) is 0 Å². The molecule has 3 rings (SSSR count). The van der Waals surface area contributed by atoms with Gasteiger partial charge in [-0.2, -0.15) is 0 Å². The van der Waals surface area contributed by atoms with Crippen LogP contribution in [0.25, 0.3) is 0 Å². The zero-order valence-corrected chi connectivity index (χ0v) is 11.2. The second-order valence-corrected chi connectivity index (χ2v) is 4.75. The van der Waals surface area contributed by atoms with Gasteiger partial charge in [0.15, 0.2) is 0 Å². The van der Waals surface area contributed by atoms with Gasteiger partial charge in [0, 0.05) is 18.8 Å². The van der Waals surface area contributed by atoms with Crippen molar-refractivity contribution >= 4 is 11.4 Å². The average molecular weight is 240 g/mol. The minimum atomic E-state index is 1.03. The number of hydrogen-bond donors (Lipinski definition) is 0. The van der Waals surface area contributed by atoms with Crippen molar-refractivity contribution in [3.8, 4) is 0 Å². The Morgan fingerprint density at radius 1 is 1.00 bits per heavy atom. The van der Waals surface area contributed by atoms with E-state index < -0.39 is 0 Å². The fraction of sp³-hybridized carbons (Fsp3) is 0.375.